The SMILES string of the molecule is O=C1CC(=Cc2ccc(OCc3ccccc3)c(OCc3ccccc3)c2)Oc2ccccc21. The lowest BCUT2D eigenvalue weighted by Crippen LogP contribution is -2.13. The lowest BCUT2D eigenvalue weighted by molar-refractivity contribution is 0.0965. The van der Waals surface area contributed by atoms with Crippen molar-refractivity contribution in [2.75, 3.05) is 0 Å². The van der Waals surface area contributed by atoms with Crippen LogP contribution in [0.1, 0.15) is 33.5 Å². The van der Waals surface area contributed by atoms with Gasteiger partial charge in [-0.1, -0.05) is 78.9 Å². The molecule has 0 bridgehead atoms. The van der Waals surface area contributed by atoms with Gasteiger partial charge in [0, 0.05) is 0 Å². The molecule has 34 heavy (non-hydrogen) atoms. The van der Waals surface area contributed by atoms with Crippen LogP contribution in [0.2, 0.25) is 0 Å². The Bertz CT molecular complexity index is 1310. The summed E-state index contributed by atoms with van der Waals surface area (Å²) in [5.41, 5.74) is 3.64. The molecule has 0 amide bonds. The van der Waals surface area contributed by atoms with Crippen molar-refractivity contribution in [3.63, 3.8) is 0 Å². The number of ether oxygens (including phenoxy) is 3. The topological polar surface area (TPSA) is 44.8 Å². The summed E-state index contributed by atoms with van der Waals surface area (Å²) in [6.45, 7) is 0.863. The number of ketones is 1. The summed E-state index contributed by atoms with van der Waals surface area (Å²) in [5, 5.41) is 0. The largest absolute Gasteiger partial charge is 0.485 e. The van der Waals surface area contributed by atoms with Gasteiger partial charge in [-0.3, -0.25) is 4.79 Å². The summed E-state index contributed by atoms with van der Waals surface area (Å²) in [5.74, 6) is 2.55. The molecule has 4 aromatic rings. The Morgan fingerprint density at radius 2 is 1.32 bits per heavy atom. The smallest absolute Gasteiger partial charge is 0.174 e. The van der Waals surface area contributed by atoms with Crippen molar-refractivity contribution in [3.8, 4) is 17.2 Å². The van der Waals surface area contributed by atoms with E-state index in [9.17, 15) is 4.79 Å². The molecule has 0 fully saturated rings. The zero-order valence-electron chi connectivity index (χ0n) is 18.6. The summed E-state index contributed by atoms with van der Waals surface area (Å²) >= 11 is 0. The van der Waals surface area contributed by atoms with Crippen LogP contribution in [0.4, 0.5) is 0 Å². The summed E-state index contributed by atoms with van der Waals surface area (Å²) in [7, 11) is 0. The number of hydrogen-bond donors (Lipinski definition) is 0. The van der Waals surface area contributed by atoms with Crippen molar-refractivity contribution in [2.24, 2.45) is 0 Å². The second-order valence-electron chi connectivity index (χ2n) is 8.06. The first-order chi connectivity index (χ1) is 16.7. The van der Waals surface area contributed by atoms with Gasteiger partial charge in [0.1, 0.15) is 24.7 Å². The van der Waals surface area contributed by atoms with Gasteiger partial charge in [-0.2, -0.15) is 0 Å². The molecule has 168 valence electrons. The van der Waals surface area contributed by atoms with E-state index in [2.05, 4.69) is 0 Å². The zero-order valence-corrected chi connectivity index (χ0v) is 18.6. The second-order valence-corrected chi connectivity index (χ2v) is 8.06. The van der Waals surface area contributed by atoms with Crippen LogP contribution in [0.3, 0.4) is 0 Å². The molecule has 0 atom stereocenters. The number of carbonyl (C=O) groups excluding carboxylic acids is 1. The molecule has 0 saturated carbocycles. The Labute approximate surface area is 199 Å². The maximum Gasteiger partial charge on any atom is 0.174 e. The minimum Gasteiger partial charge on any atom is -0.485 e. The van der Waals surface area contributed by atoms with Crippen molar-refractivity contribution in [3.05, 3.63) is 131 Å². The van der Waals surface area contributed by atoms with E-state index in [1.165, 1.54) is 0 Å². The van der Waals surface area contributed by atoms with E-state index in [0.717, 1.165) is 16.7 Å². The Hall–Kier alpha value is -4.31. The molecule has 4 nitrogen and oxygen atoms in total. The molecule has 0 unspecified atom stereocenters. The maximum atomic E-state index is 12.5. The van der Waals surface area contributed by atoms with Gasteiger partial charge in [-0.25, -0.2) is 0 Å². The highest BCUT2D eigenvalue weighted by molar-refractivity contribution is 6.01. The molecule has 4 aromatic carbocycles. The number of Topliss-reactive ketones (excluding diaryl/α,β-unsaturated/α-hetero) is 1. The maximum absolute atomic E-state index is 12.5. The van der Waals surface area contributed by atoms with E-state index in [-0.39, 0.29) is 12.2 Å². The van der Waals surface area contributed by atoms with Crippen LogP contribution in [0, 0.1) is 0 Å². The molecule has 4 heteroatoms. The van der Waals surface area contributed by atoms with Gasteiger partial charge in [0.25, 0.3) is 0 Å². The molecular weight excluding hydrogens is 424 g/mol. The number of rotatable bonds is 7. The standard InChI is InChI=1S/C30H24O4/c31-27-19-25(34-28-14-8-7-13-26(27)28)17-24-15-16-29(32-20-22-9-3-1-4-10-22)30(18-24)33-21-23-11-5-2-6-12-23/h1-18H,19-21H2. The molecule has 5 rings (SSSR count). The Morgan fingerprint density at radius 1 is 0.706 bits per heavy atom. The molecule has 1 aliphatic rings. The summed E-state index contributed by atoms with van der Waals surface area (Å²) in [6.07, 6.45) is 2.10. The number of carbonyl (C=O) groups is 1. The van der Waals surface area contributed by atoms with E-state index in [1.54, 1.807) is 6.07 Å². The Morgan fingerprint density at radius 3 is 2.03 bits per heavy atom. The fourth-order valence-electron chi connectivity index (χ4n) is 3.80. The van der Waals surface area contributed by atoms with Crippen LogP contribution in [0.15, 0.2) is 109 Å². The molecule has 0 radical (unpaired) electrons. The quantitative estimate of drug-likeness (QED) is 0.310. The molecule has 0 N–H and O–H groups in total. The number of hydrogen-bond acceptors (Lipinski definition) is 4. The highest BCUT2D eigenvalue weighted by Gasteiger charge is 2.21. The first kappa shape index (κ1) is 21.5. The normalized spacial score (nSPS) is 13.8. The van der Waals surface area contributed by atoms with Crippen LogP contribution in [-0.4, -0.2) is 5.78 Å². The summed E-state index contributed by atoms with van der Waals surface area (Å²) < 4.78 is 18.2. The Kier molecular flexibility index (Phi) is 6.39. The van der Waals surface area contributed by atoms with Crippen molar-refractivity contribution in [2.45, 2.75) is 19.6 Å². The molecule has 0 aliphatic carbocycles. The molecule has 1 heterocycles. The lowest BCUT2D eigenvalue weighted by atomic mass is 10.0. The van der Waals surface area contributed by atoms with Gasteiger partial charge < -0.3 is 14.2 Å². The fraction of sp³-hybridized carbons (Fsp3) is 0.100. The predicted molar refractivity (Wildman–Crippen MR) is 132 cm³/mol. The lowest BCUT2D eigenvalue weighted by Gasteiger charge is -2.19. The van der Waals surface area contributed by atoms with Crippen molar-refractivity contribution < 1.29 is 19.0 Å². The molecule has 0 aromatic heterocycles. The van der Waals surface area contributed by atoms with Crippen molar-refractivity contribution in [1.82, 2.24) is 0 Å². The monoisotopic (exact) mass is 448 g/mol. The van der Waals surface area contributed by atoms with Gasteiger partial charge in [0.2, 0.25) is 0 Å². The van der Waals surface area contributed by atoms with Crippen molar-refractivity contribution in [1.29, 1.82) is 0 Å². The second kappa shape index (κ2) is 10.1. The van der Waals surface area contributed by atoms with Gasteiger partial charge in [0.05, 0.1) is 12.0 Å². The summed E-state index contributed by atoms with van der Waals surface area (Å²) in [4.78, 5) is 12.5. The van der Waals surface area contributed by atoms with Crippen LogP contribution in [0.25, 0.3) is 6.08 Å². The third-order valence-electron chi connectivity index (χ3n) is 5.53. The van der Waals surface area contributed by atoms with Gasteiger partial charge in [0.15, 0.2) is 17.3 Å². The van der Waals surface area contributed by atoms with E-state index < -0.39 is 0 Å². The van der Waals surface area contributed by atoms with Gasteiger partial charge in [-0.15, -0.1) is 0 Å². The van der Waals surface area contributed by atoms with Crippen LogP contribution < -0.4 is 14.2 Å². The average molecular weight is 449 g/mol. The molecule has 1 aliphatic heterocycles. The number of benzene rings is 4. The minimum atomic E-state index is 0.0523. The highest BCUT2D eigenvalue weighted by atomic mass is 16.5. The van der Waals surface area contributed by atoms with E-state index in [4.69, 9.17) is 14.2 Å². The highest BCUT2D eigenvalue weighted by Crippen LogP contribution is 2.33. The van der Waals surface area contributed by atoms with Crippen LogP contribution in [0.5, 0.6) is 17.2 Å². The number of allylic oxidation sites excluding steroid dienone is 1. The van der Waals surface area contributed by atoms with E-state index in [1.807, 2.05) is 103 Å². The molecule has 0 saturated heterocycles. The Balaban J connectivity index is 1.39. The summed E-state index contributed by atoms with van der Waals surface area (Å²) in [6, 6.07) is 33.1. The van der Waals surface area contributed by atoms with Gasteiger partial charge >= 0.3 is 0 Å². The number of para-hydroxylation sites is 1. The predicted octanol–water partition coefficient (Wildman–Crippen LogP) is 6.85. The van der Waals surface area contributed by atoms with E-state index >= 15 is 0 Å². The molecule has 0 spiro atoms. The van der Waals surface area contributed by atoms with Crippen LogP contribution >= 0.6 is 0 Å². The molecular formula is C30H24O4. The fourth-order valence-corrected chi connectivity index (χ4v) is 3.80. The first-order valence-electron chi connectivity index (χ1n) is 11.2. The third kappa shape index (κ3) is 5.18. The average Bonchev–Trinajstić information content (AvgIpc) is 2.88. The zero-order chi connectivity index (χ0) is 23.2. The minimum absolute atomic E-state index is 0.0523. The van der Waals surface area contributed by atoms with Crippen molar-refractivity contribution >= 4 is 11.9 Å². The first-order valence-corrected chi connectivity index (χ1v) is 11.2. The van der Waals surface area contributed by atoms with Gasteiger partial charge in [-0.05, 0) is 47.0 Å². The van der Waals surface area contributed by atoms with Crippen LogP contribution in [-0.2, 0) is 13.2 Å². The van der Waals surface area contributed by atoms with E-state index in [0.29, 0.717) is 41.8 Å². The number of fused-ring (bicyclic) bond motifs is 1. The third-order valence-corrected chi connectivity index (χ3v) is 5.53.